The van der Waals surface area contributed by atoms with Gasteiger partial charge in [-0.25, -0.2) is 4.99 Å². The third-order valence-electron chi connectivity index (χ3n) is 6.18. The molecule has 0 N–H and O–H groups in total. The first kappa shape index (κ1) is 22.4. The first-order valence-electron chi connectivity index (χ1n) is 11.5. The van der Waals surface area contributed by atoms with Gasteiger partial charge in [-0.2, -0.15) is 0 Å². The average Bonchev–Trinajstić information content (AvgIpc) is 3.52. The van der Waals surface area contributed by atoms with Crippen molar-refractivity contribution in [1.29, 1.82) is 0 Å². The lowest BCUT2D eigenvalue weighted by molar-refractivity contribution is 0.309. The zero-order chi connectivity index (χ0) is 23.5. The number of hydrogen-bond acceptors (Lipinski definition) is 4. The van der Waals surface area contributed by atoms with E-state index in [9.17, 15) is 0 Å². The molecule has 3 aromatic rings. The summed E-state index contributed by atoms with van der Waals surface area (Å²) >= 11 is 0. The smallest absolute Gasteiger partial charge is 0.217 e. The summed E-state index contributed by atoms with van der Waals surface area (Å²) in [5, 5.41) is 4.08. The Morgan fingerprint density at radius 3 is 2.09 bits per heavy atom. The molecule has 0 fully saturated rings. The Morgan fingerprint density at radius 2 is 1.47 bits per heavy atom. The van der Waals surface area contributed by atoms with Crippen LogP contribution in [0, 0.1) is 0 Å². The van der Waals surface area contributed by atoms with Crippen molar-refractivity contribution in [2.75, 3.05) is 14.2 Å². The van der Waals surface area contributed by atoms with Crippen LogP contribution in [0.3, 0.4) is 0 Å². The van der Waals surface area contributed by atoms with E-state index in [-0.39, 0.29) is 6.04 Å². The second kappa shape index (κ2) is 9.87. The summed E-state index contributed by atoms with van der Waals surface area (Å²) in [5.74, 6) is 2.06. The predicted molar refractivity (Wildman–Crippen MR) is 140 cm³/mol. The minimum absolute atomic E-state index is 0.0276. The fourth-order valence-electron chi connectivity index (χ4n) is 4.52. The highest BCUT2D eigenvalue weighted by Crippen LogP contribution is 2.50. The van der Waals surface area contributed by atoms with E-state index in [1.807, 2.05) is 12.1 Å². The zero-order valence-corrected chi connectivity index (χ0v) is 20.6. The lowest BCUT2D eigenvalue weighted by Crippen LogP contribution is -2.16. The number of benzene rings is 3. The SMILES string of the molecule is COc1cc2c(cc1OC)C(=N[C@H](C)C1=CCC=C1P(c1ccccc1)c1ccccc1)OC2. The van der Waals surface area contributed by atoms with Gasteiger partial charge in [-0.15, -0.1) is 0 Å². The molecule has 34 heavy (non-hydrogen) atoms. The molecular weight excluding hydrogens is 441 g/mol. The van der Waals surface area contributed by atoms with Gasteiger partial charge in [0, 0.05) is 11.1 Å². The summed E-state index contributed by atoms with van der Waals surface area (Å²) < 4.78 is 17.0. The average molecular weight is 470 g/mol. The molecule has 0 radical (unpaired) electrons. The minimum atomic E-state index is -0.662. The molecule has 1 aliphatic carbocycles. The Kier molecular flexibility index (Phi) is 6.51. The van der Waals surface area contributed by atoms with Gasteiger partial charge in [-0.3, -0.25) is 0 Å². The summed E-state index contributed by atoms with van der Waals surface area (Å²) in [6, 6.07) is 25.5. The lowest BCUT2D eigenvalue weighted by Gasteiger charge is -2.24. The van der Waals surface area contributed by atoms with Crippen molar-refractivity contribution in [1.82, 2.24) is 0 Å². The maximum atomic E-state index is 6.02. The highest BCUT2D eigenvalue weighted by molar-refractivity contribution is 7.77. The molecule has 4 nitrogen and oxygen atoms in total. The highest BCUT2D eigenvalue weighted by Gasteiger charge is 2.28. The highest BCUT2D eigenvalue weighted by atomic mass is 31.1. The normalized spacial score (nSPS) is 16.6. The fourth-order valence-corrected chi connectivity index (χ4v) is 7.14. The van der Waals surface area contributed by atoms with Gasteiger partial charge in [0.1, 0.15) is 6.61 Å². The third-order valence-corrected chi connectivity index (χ3v) is 8.73. The van der Waals surface area contributed by atoms with Crippen LogP contribution in [0.25, 0.3) is 0 Å². The van der Waals surface area contributed by atoms with E-state index in [0.717, 1.165) is 17.5 Å². The van der Waals surface area contributed by atoms with E-state index in [1.165, 1.54) is 21.5 Å². The molecule has 1 atom stereocenters. The van der Waals surface area contributed by atoms with Gasteiger partial charge in [0.05, 0.1) is 20.3 Å². The molecule has 0 amide bonds. The number of allylic oxidation sites excluding steroid dienone is 2. The Labute approximate surface area is 202 Å². The van der Waals surface area contributed by atoms with Crippen molar-refractivity contribution in [2.45, 2.75) is 26.0 Å². The molecule has 172 valence electrons. The topological polar surface area (TPSA) is 40.0 Å². The van der Waals surface area contributed by atoms with E-state index in [0.29, 0.717) is 24.0 Å². The van der Waals surface area contributed by atoms with Crippen molar-refractivity contribution in [2.24, 2.45) is 4.99 Å². The Bertz CT molecular complexity index is 1230. The van der Waals surface area contributed by atoms with Crippen molar-refractivity contribution in [3.8, 4) is 11.5 Å². The van der Waals surface area contributed by atoms with Crippen LogP contribution in [0.15, 0.2) is 101 Å². The number of methoxy groups -OCH3 is 2. The van der Waals surface area contributed by atoms with Gasteiger partial charge >= 0.3 is 0 Å². The molecule has 0 unspecified atom stereocenters. The van der Waals surface area contributed by atoms with Gasteiger partial charge < -0.3 is 14.2 Å². The summed E-state index contributed by atoms with van der Waals surface area (Å²) in [5.41, 5.74) is 3.32. The maximum absolute atomic E-state index is 6.02. The molecule has 0 bridgehead atoms. The largest absolute Gasteiger partial charge is 0.493 e. The van der Waals surface area contributed by atoms with Gasteiger partial charge in [0.15, 0.2) is 11.5 Å². The van der Waals surface area contributed by atoms with Crippen LogP contribution in [0.4, 0.5) is 0 Å². The predicted octanol–water partition coefficient (Wildman–Crippen LogP) is 5.72. The van der Waals surface area contributed by atoms with E-state index in [2.05, 4.69) is 79.7 Å². The molecule has 3 aromatic carbocycles. The van der Waals surface area contributed by atoms with E-state index >= 15 is 0 Å². The Morgan fingerprint density at radius 1 is 0.853 bits per heavy atom. The first-order valence-corrected chi connectivity index (χ1v) is 12.8. The number of nitrogens with zero attached hydrogens (tertiary/aromatic N) is 1. The summed E-state index contributed by atoms with van der Waals surface area (Å²) in [6.07, 6.45) is 5.62. The van der Waals surface area contributed by atoms with Crippen LogP contribution in [0.2, 0.25) is 0 Å². The van der Waals surface area contributed by atoms with Crippen LogP contribution < -0.4 is 20.1 Å². The molecule has 0 spiro atoms. The second-order valence-electron chi connectivity index (χ2n) is 8.25. The van der Waals surface area contributed by atoms with Gasteiger partial charge in [-0.1, -0.05) is 72.8 Å². The molecule has 0 saturated heterocycles. The molecule has 1 aliphatic heterocycles. The zero-order valence-electron chi connectivity index (χ0n) is 19.7. The standard InChI is InChI=1S/C29H28NO3P/c1-20(30-29-25-18-27(32-3)26(31-2)17-21(25)19-33-29)24-15-10-16-28(24)34(22-11-6-4-7-12-22)23-13-8-5-9-14-23/h4-9,11-18,20H,10,19H2,1-3H3/t20-/m1/s1. The molecule has 5 heteroatoms. The summed E-state index contributed by atoms with van der Waals surface area (Å²) in [7, 11) is 2.63. The van der Waals surface area contributed by atoms with Crippen molar-refractivity contribution in [3.63, 3.8) is 0 Å². The lowest BCUT2D eigenvalue weighted by atomic mass is 10.1. The van der Waals surface area contributed by atoms with Crippen LogP contribution >= 0.6 is 7.92 Å². The molecule has 0 aromatic heterocycles. The van der Waals surface area contributed by atoms with Crippen molar-refractivity contribution in [3.05, 3.63) is 107 Å². The Hall–Kier alpha value is -3.36. The fraction of sp³-hybridized carbons (Fsp3) is 0.207. The van der Waals surface area contributed by atoms with E-state index in [1.54, 1.807) is 14.2 Å². The summed E-state index contributed by atoms with van der Waals surface area (Å²) in [6.45, 7) is 2.65. The quantitative estimate of drug-likeness (QED) is 0.416. The van der Waals surface area contributed by atoms with Crippen LogP contribution in [-0.2, 0) is 11.3 Å². The number of hydrogen-bond donors (Lipinski definition) is 0. The van der Waals surface area contributed by atoms with Gasteiger partial charge in [-0.05, 0) is 54.9 Å². The Balaban J connectivity index is 1.48. The first-order chi connectivity index (χ1) is 16.7. The number of aliphatic imine (C=N–C) groups is 1. The van der Waals surface area contributed by atoms with Gasteiger partial charge in [0.25, 0.3) is 0 Å². The number of rotatable bonds is 7. The molecule has 2 aliphatic rings. The number of ether oxygens (including phenoxy) is 3. The van der Waals surface area contributed by atoms with E-state index < -0.39 is 7.92 Å². The number of fused-ring (bicyclic) bond motifs is 1. The van der Waals surface area contributed by atoms with Crippen LogP contribution in [0.1, 0.15) is 24.5 Å². The molecule has 0 saturated carbocycles. The maximum Gasteiger partial charge on any atom is 0.217 e. The molecule has 1 heterocycles. The van der Waals surface area contributed by atoms with E-state index in [4.69, 9.17) is 19.2 Å². The summed E-state index contributed by atoms with van der Waals surface area (Å²) in [4.78, 5) is 5.05. The van der Waals surface area contributed by atoms with Crippen LogP contribution in [-0.4, -0.2) is 26.2 Å². The van der Waals surface area contributed by atoms with Gasteiger partial charge in [0.2, 0.25) is 5.90 Å². The minimum Gasteiger partial charge on any atom is -0.493 e. The molecular formula is C29H28NO3P. The monoisotopic (exact) mass is 469 g/mol. The molecule has 5 rings (SSSR count). The second-order valence-corrected chi connectivity index (χ2v) is 10.4. The van der Waals surface area contributed by atoms with Crippen molar-refractivity contribution >= 4 is 24.4 Å². The third kappa shape index (κ3) is 4.26. The van der Waals surface area contributed by atoms with Crippen molar-refractivity contribution < 1.29 is 14.2 Å². The van der Waals surface area contributed by atoms with Crippen LogP contribution in [0.5, 0.6) is 11.5 Å².